The summed E-state index contributed by atoms with van der Waals surface area (Å²) < 4.78 is 16.2. The van der Waals surface area contributed by atoms with Crippen LogP contribution in [0.25, 0.3) is 10.8 Å². The Hall–Kier alpha value is -7.18. The topological polar surface area (TPSA) is 226 Å². The lowest BCUT2D eigenvalue weighted by Crippen LogP contribution is -1.96. The van der Waals surface area contributed by atoms with Crippen molar-refractivity contribution in [2.75, 3.05) is 11.9 Å². The molecule has 6 aromatic rings. The Balaban J connectivity index is 1.40. The van der Waals surface area contributed by atoms with Crippen molar-refractivity contribution >= 4 is 81.0 Å². The Morgan fingerprint density at radius 2 is 1.50 bits per heavy atom. The molecule has 282 valence electrons. The number of hydrogen-bond donors (Lipinski definition) is 5. The van der Waals surface area contributed by atoms with Crippen LogP contribution in [0, 0.1) is 0 Å². The Morgan fingerprint density at radius 1 is 0.750 bits per heavy atom. The van der Waals surface area contributed by atoms with Crippen molar-refractivity contribution < 1.29 is 49.0 Å². The van der Waals surface area contributed by atoms with E-state index in [2.05, 4.69) is 35.8 Å². The number of carboxylic acid groups (broad SMARTS) is 2. The van der Waals surface area contributed by atoms with Crippen LogP contribution in [0.5, 0.6) is 17.2 Å². The van der Waals surface area contributed by atoms with E-state index in [4.69, 9.17) is 19.1 Å². The van der Waals surface area contributed by atoms with Gasteiger partial charge in [0.1, 0.15) is 28.6 Å². The van der Waals surface area contributed by atoms with Gasteiger partial charge in [0.05, 0.1) is 46.0 Å². The third-order valence-electron chi connectivity index (χ3n) is 7.73. The molecule has 0 aliphatic carbocycles. The van der Waals surface area contributed by atoms with Gasteiger partial charge in [-0.3, -0.25) is 0 Å². The molecule has 56 heavy (non-hydrogen) atoms. The second kappa shape index (κ2) is 18.2. The van der Waals surface area contributed by atoms with Crippen LogP contribution in [0.4, 0.5) is 39.8 Å². The van der Waals surface area contributed by atoms with E-state index >= 15 is 0 Å². The van der Waals surface area contributed by atoms with Gasteiger partial charge in [0, 0.05) is 22.8 Å². The molecule has 0 aliphatic rings. The summed E-state index contributed by atoms with van der Waals surface area (Å²) in [6.07, 6.45) is 1.21. The second-order valence-electron chi connectivity index (χ2n) is 11.4. The van der Waals surface area contributed by atoms with E-state index in [1.165, 1.54) is 42.8 Å². The van der Waals surface area contributed by atoms with E-state index in [1.807, 2.05) is 6.07 Å². The lowest BCUT2D eigenvalue weighted by molar-refractivity contribution is -0.432. The highest BCUT2D eigenvalue weighted by Crippen LogP contribution is 2.46. The largest absolute Gasteiger partial charge is 0.505 e. The van der Waals surface area contributed by atoms with Crippen molar-refractivity contribution in [1.29, 1.82) is 0 Å². The second-order valence-corrected chi connectivity index (χ2v) is 12.1. The molecule has 0 bridgehead atoms. The number of para-hydroxylation sites is 1. The van der Waals surface area contributed by atoms with Gasteiger partial charge >= 0.3 is 11.9 Å². The molecule has 0 heterocycles. The number of phenolic OH excluding ortho intramolecular Hbond substituents is 1. The smallest absolute Gasteiger partial charge is 0.335 e. The average molecular weight is 775 g/mol. The minimum absolute atomic E-state index is 0.0342. The van der Waals surface area contributed by atoms with Gasteiger partial charge in [-0.05, 0) is 91.2 Å². The number of nitrogens with zero attached hydrogens (tertiary/aromatic N) is 5. The first-order valence-corrected chi connectivity index (χ1v) is 17.2. The number of aliphatic imine (C=N–C) groups is 1. The van der Waals surface area contributed by atoms with E-state index in [9.17, 15) is 24.9 Å². The number of aromatic hydroxyl groups is 1. The molecule has 5 N–H and O–H groups in total. The predicted octanol–water partition coefficient (Wildman–Crippen LogP) is 11.1. The Kier molecular flexibility index (Phi) is 12.6. The number of benzene rings is 6. The van der Waals surface area contributed by atoms with Gasteiger partial charge in [0.15, 0.2) is 12.2 Å². The summed E-state index contributed by atoms with van der Waals surface area (Å²) in [5, 5.41) is 64.4. The minimum atomic E-state index is -1.12. The van der Waals surface area contributed by atoms with Gasteiger partial charge in [-0.25, -0.2) is 19.8 Å². The van der Waals surface area contributed by atoms with Crippen molar-refractivity contribution in [1.82, 2.24) is 0 Å². The van der Waals surface area contributed by atoms with Gasteiger partial charge < -0.3 is 30.1 Å². The quantitative estimate of drug-likeness (QED) is 0.0154. The van der Waals surface area contributed by atoms with Crippen molar-refractivity contribution in [3.05, 3.63) is 126 Å². The maximum Gasteiger partial charge on any atom is 0.335 e. The number of azo groups is 2. The number of rotatable bonds is 16. The summed E-state index contributed by atoms with van der Waals surface area (Å²) in [6, 6.07) is 30.9. The van der Waals surface area contributed by atoms with Gasteiger partial charge in [-0.2, -0.15) is 5.11 Å². The number of nitrogens with one attached hydrogen (secondary N) is 1. The average Bonchev–Trinajstić information content (AvgIpc) is 3.21. The number of fused-ring (bicyclic) bond motifs is 1. The Bertz CT molecular complexity index is 2460. The van der Waals surface area contributed by atoms with E-state index in [0.717, 1.165) is 0 Å². The summed E-state index contributed by atoms with van der Waals surface area (Å²) in [6.45, 7) is 1.99. The number of hydrogen-bond acceptors (Lipinski definition) is 15. The first-order chi connectivity index (χ1) is 27.2. The van der Waals surface area contributed by atoms with Crippen LogP contribution in [0.15, 0.2) is 146 Å². The van der Waals surface area contributed by atoms with Crippen LogP contribution in [-0.2, 0) is 9.37 Å². The van der Waals surface area contributed by atoms with Gasteiger partial charge in [0.25, 0.3) is 0 Å². The van der Waals surface area contributed by atoms with Crippen molar-refractivity contribution in [3.63, 3.8) is 0 Å². The zero-order valence-electron chi connectivity index (χ0n) is 29.1. The number of carboxylic acids is 2. The lowest BCUT2D eigenvalue weighted by Gasteiger charge is -2.12. The highest BCUT2D eigenvalue weighted by molar-refractivity contribution is 7.94. The Labute approximate surface area is 322 Å². The highest BCUT2D eigenvalue weighted by Gasteiger charge is 2.18. The molecule has 0 aliphatic heterocycles. The molecule has 17 heteroatoms. The summed E-state index contributed by atoms with van der Waals surface area (Å²) >= 11 is 0.573. The molecule has 0 amide bonds. The lowest BCUT2D eigenvalue weighted by atomic mass is 10.1. The minimum Gasteiger partial charge on any atom is -0.505 e. The van der Waals surface area contributed by atoms with E-state index in [-0.39, 0.29) is 62.6 Å². The Morgan fingerprint density at radius 3 is 2.23 bits per heavy atom. The zero-order chi connectivity index (χ0) is 39.4. The summed E-state index contributed by atoms with van der Waals surface area (Å²) in [5.41, 5.74) is 2.19. The SMILES string of the molecule is CCOc1cc(N=Nc2cccc(C(=O)O)c2)c(/N=C\Oc2ccccc2)cc1N=Nc1c(SOOO)cc2ccc(Nc3ccc(C(=O)O)cc3)cc2c1O. The molecule has 0 saturated heterocycles. The molecule has 0 unspecified atom stereocenters. The number of anilines is 2. The van der Waals surface area contributed by atoms with Crippen LogP contribution < -0.4 is 14.8 Å². The van der Waals surface area contributed by atoms with Crippen LogP contribution in [0.3, 0.4) is 0 Å². The standard InChI is InChI=1S/C39H30N6O10S/c1-2-52-34-21-32(43-42-28-8-6-7-25(17-28)39(49)50)31(40-22-53-29-9-4-3-5-10-29)20-33(34)44-45-36-35(56-55-54-51)18-24-13-16-27(19-30(24)37(36)46)41-26-14-11-23(12-15-26)38(47)48/h3-22,41,46,51H,2H2,1H3,(H,47,48)(H,49,50)/b40-22-,43-42?,45-44?. The van der Waals surface area contributed by atoms with Gasteiger partial charge in [-0.15, -0.1) is 19.7 Å². The number of phenols is 1. The van der Waals surface area contributed by atoms with Crippen LogP contribution >= 0.6 is 12.0 Å². The monoisotopic (exact) mass is 774 g/mol. The summed E-state index contributed by atoms with van der Waals surface area (Å²) in [5.74, 6) is -1.71. The number of aromatic carboxylic acids is 2. The van der Waals surface area contributed by atoms with Crippen molar-refractivity contribution in [2.24, 2.45) is 25.4 Å². The fraction of sp³-hybridized carbons (Fsp3) is 0.0513. The fourth-order valence-electron chi connectivity index (χ4n) is 5.13. The van der Waals surface area contributed by atoms with Gasteiger partial charge in [-0.1, -0.05) is 35.4 Å². The highest BCUT2D eigenvalue weighted by atomic mass is 32.2. The molecule has 0 fully saturated rings. The zero-order valence-corrected chi connectivity index (χ0v) is 30.0. The fourth-order valence-corrected chi connectivity index (χ4v) is 5.63. The van der Waals surface area contributed by atoms with Crippen molar-refractivity contribution in [3.8, 4) is 17.2 Å². The first-order valence-electron chi connectivity index (χ1n) is 16.5. The molecule has 0 aromatic heterocycles. The molecule has 0 spiro atoms. The van der Waals surface area contributed by atoms with Crippen LogP contribution in [-0.4, -0.2) is 45.5 Å². The third kappa shape index (κ3) is 9.67. The molecule has 0 atom stereocenters. The molecule has 6 rings (SSSR count). The van der Waals surface area contributed by atoms with Crippen LogP contribution in [0.1, 0.15) is 27.6 Å². The third-order valence-corrected chi connectivity index (χ3v) is 8.35. The molecule has 0 radical (unpaired) electrons. The molecular formula is C39H30N6O10S. The van der Waals surface area contributed by atoms with Gasteiger partial charge in [0.2, 0.25) is 0 Å². The molecule has 0 saturated carbocycles. The predicted molar refractivity (Wildman–Crippen MR) is 208 cm³/mol. The number of carbonyl (C=O) groups is 2. The molecule has 16 nitrogen and oxygen atoms in total. The molecule has 6 aromatic carbocycles. The van der Waals surface area contributed by atoms with E-state index in [1.54, 1.807) is 79.7 Å². The van der Waals surface area contributed by atoms with Crippen molar-refractivity contribution in [2.45, 2.75) is 11.8 Å². The first kappa shape index (κ1) is 38.5. The summed E-state index contributed by atoms with van der Waals surface area (Å²) in [7, 11) is 0. The summed E-state index contributed by atoms with van der Waals surface area (Å²) in [4.78, 5) is 27.4. The molecular weight excluding hydrogens is 745 g/mol. The normalized spacial score (nSPS) is 11.5. The maximum absolute atomic E-state index is 11.6. The number of ether oxygens (including phenoxy) is 2. The van der Waals surface area contributed by atoms with Crippen LogP contribution in [0.2, 0.25) is 0 Å². The van der Waals surface area contributed by atoms with E-state index in [0.29, 0.717) is 39.9 Å². The maximum atomic E-state index is 11.6. The van der Waals surface area contributed by atoms with E-state index < -0.39 is 11.9 Å².